The van der Waals surface area contributed by atoms with Crippen molar-refractivity contribution < 1.29 is 9.20 Å². The van der Waals surface area contributed by atoms with Crippen molar-refractivity contribution in [1.29, 1.82) is 0 Å². The van der Waals surface area contributed by atoms with E-state index in [4.69, 9.17) is 10.3 Å². The van der Waals surface area contributed by atoms with Gasteiger partial charge in [0.1, 0.15) is 0 Å². The van der Waals surface area contributed by atoms with Gasteiger partial charge in [-0.1, -0.05) is 30.3 Å². The normalized spacial score (nSPS) is 12.6. The quantitative estimate of drug-likeness (QED) is 0.768. The molecule has 0 saturated heterocycles. The molecule has 1 aromatic carbocycles. The van der Waals surface area contributed by atoms with E-state index in [1.807, 2.05) is 18.2 Å². The first-order valence-corrected chi connectivity index (χ1v) is 4.93. The van der Waals surface area contributed by atoms with Crippen LogP contribution in [0.4, 0.5) is 5.88 Å². The molecule has 1 atom stereocenters. The Morgan fingerprint density at radius 2 is 2.13 bits per heavy atom. The lowest BCUT2D eigenvalue weighted by Crippen LogP contribution is -2.40. The summed E-state index contributed by atoms with van der Waals surface area (Å²) in [5.41, 5.74) is 6.74. The molecule has 1 unspecified atom stereocenters. The highest BCUT2D eigenvalue weighted by atomic mass is 16.5. The van der Waals surface area contributed by atoms with Crippen molar-refractivity contribution in [2.24, 2.45) is 0 Å². The molecule has 78 valence electrons. The van der Waals surface area contributed by atoms with E-state index in [9.17, 15) is 0 Å². The second kappa shape index (κ2) is 4.13. The first-order valence-electron chi connectivity index (χ1n) is 4.93. The Morgan fingerprint density at radius 3 is 2.73 bits per heavy atom. The zero-order valence-corrected chi connectivity index (χ0v) is 8.63. The summed E-state index contributed by atoms with van der Waals surface area (Å²) < 4.78 is 6.55. The number of anilines is 1. The van der Waals surface area contributed by atoms with Crippen LogP contribution < -0.4 is 10.4 Å². The molecule has 2 aromatic rings. The predicted molar refractivity (Wildman–Crippen MR) is 56.0 cm³/mol. The maximum atomic E-state index is 5.46. The van der Waals surface area contributed by atoms with Gasteiger partial charge in [0.05, 0.1) is 0 Å². The third kappa shape index (κ3) is 2.34. The number of rotatable bonds is 3. The van der Waals surface area contributed by atoms with Gasteiger partial charge in [-0.3, -0.25) is 4.52 Å². The van der Waals surface area contributed by atoms with E-state index in [1.54, 1.807) is 10.9 Å². The van der Waals surface area contributed by atoms with Crippen molar-refractivity contribution in [3.63, 3.8) is 0 Å². The topological polar surface area (TPSA) is 55.9 Å². The summed E-state index contributed by atoms with van der Waals surface area (Å²) in [4.78, 5) is 0. The summed E-state index contributed by atoms with van der Waals surface area (Å²) in [5.74, 6) is 0.343. The van der Waals surface area contributed by atoms with Crippen molar-refractivity contribution in [2.75, 3.05) is 5.73 Å². The average Bonchev–Trinajstić information content (AvgIpc) is 2.66. The first-order chi connectivity index (χ1) is 7.25. The van der Waals surface area contributed by atoms with Crippen LogP contribution in [0.15, 0.2) is 41.1 Å². The van der Waals surface area contributed by atoms with Gasteiger partial charge in [0.2, 0.25) is 5.27 Å². The second-order valence-corrected chi connectivity index (χ2v) is 3.62. The fourth-order valence-corrected chi connectivity index (χ4v) is 1.53. The Labute approximate surface area is 88.3 Å². The monoisotopic (exact) mass is 204 g/mol. The summed E-state index contributed by atoms with van der Waals surface area (Å²) in [6.07, 6.45) is 2.62. The smallest absolute Gasteiger partial charge is 0.293 e. The van der Waals surface area contributed by atoms with Crippen LogP contribution in [0.25, 0.3) is 0 Å². The van der Waals surface area contributed by atoms with Crippen molar-refractivity contribution in [3.8, 4) is 0 Å². The van der Waals surface area contributed by atoms with Crippen molar-refractivity contribution in [3.05, 3.63) is 42.1 Å². The van der Waals surface area contributed by atoms with E-state index in [2.05, 4.69) is 24.3 Å². The molecule has 1 heterocycles. The molecule has 0 saturated carbocycles. The van der Waals surface area contributed by atoms with Gasteiger partial charge in [-0.25, -0.2) is 0 Å². The number of hydrogen-bond donors (Lipinski definition) is 1. The predicted octanol–water partition coefficient (Wildman–Crippen LogP) is 1.35. The second-order valence-electron chi connectivity index (χ2n) is 3.62. The fraction of sp³-hybridized carbons (Fsp3) is 0.273. The molecule has 0 aliphatic carbocycles. The number of nitrogens with zero attached hydrogens (tertiary/aromatic N) is 2. The van der Waals surface area contributed by atoms with Crippen molar-refractivity contribution >= 4 is 5.88 Å². The Hall–Kier alpha value is -1.84. The largest absolute Gasteiger partial charge is 0.362 e. The third-order valence-electron chi connectivity index (χ3n) is 2.33. The SMILES string of the molecule is CC(Cc1ccccc1)[n+]1cc(N)on1. The number of hydrogen-bond acceptors (Lipinski definition) is 3. The molecular weight excluding hydrogens is 190 g/mol. The molecule has 2 N–H and O–H groups in total. The summed E-state index contributed by atoms with van der Waals surface area (Å²) >= 11 is 0. The van der Waals surface area contributed by atoms with Gasteiger partial charge >= 0.3 is 0 Å². The standard InChI is InChI=1S/C11H14N3O/c1-9(14-8-11(12)15-13-14)7-10-5-3-2-4-6-10/h2-6,8-9H,7,12H2,1H3/q+1. The molecule has 0 aliphatic heterocycles. The number of aromatic nitrogens is 2. The maximum absolute atomic E-state index is 5.46. The van der Waals surface area contributed by atoms with E-state index in [0.717, 1.165) is 6.42 Å². The highest BCUT2D eigenvalue weighted by Gasteiger charge is 2.18. The van der Waals surface area contributed by atoms with Gasteiger partial charge in [0.25, 0.3) is 12.1 Å². The molecule has 0 amide bonds. The highest BCUT2D eigenvalue weighted by Crippen LogP contribution is 2.08. The molecule has 0 radical (unpaired) electrons. The first kappa shape index (κ1) is 9.71. The lowest BCUT2D eigenvalue weighted by molar-refractivity contribution is -0.782. The third-order valence-corrected chi connectivity index (χ3v) is 2.33. The van der Waals surface area contributed by atoms with Crippen LogP contribution in [-0.2, 0) is 6.42 Å². The van der Waals surface area contributed by atoms with Crippen LogP contribution in [0.3, 0.4) is 0 Å². The average molecular weight is 204 g/mol. The Kier molecular flexibility index (Phi) is 2.67. The van der Waals surface area contributed by atoms with Crippen LogP contribution in [0.2, 0.25) is 0 Å². The van der Waals surface area contributed by atoms with E-state index in [1.165, 1.54) is 5.56 Å². The molecule has 0 aliphatic rings. The molecule has 0 bridgehead atoms. The maximum Gasteiger partial charge on any atom is 0.293 e. The summed E-state index contributed by atoms with van der Waals surface area (Å²) in [6.45, 7) is 2.08. The van der Waals surface area contributed by atoms with Crippen LogP contribution >= 0.6 is 0 Å². The van der Waals surface area contributed by atoms with E-state index >= 15 is 0 Å². The van der Waals surface area contributed by atoms with Crippen LogP contribution in [0, 0.1) is 0 Å². The van der Waals surface area contributed by atoms with Gasteiger partial charge in [-0.2, -0.15) is 0 Å². The van der Waals surface area contributed by atoms with Gasteiger partial charge in [0.15, 0.2) is 6.04 Å². The van der Waals surface area contributed by atoms with E-state index < -0.39 is 0 Å². The Morgan fingerprint density at radius 1 is 1.40 bits per heavy atom. The minimum Gasteiger partial charge on any atom is -0.362 e. The zero-order chi connectivity index (χ0) is 10.7. The van der Waals surface area contributed by atoms with E-state index in [0.29, 0.717) is 5.88 Å². The lowest BCUT2D eigenvalue weighted by Gasteiger charge is -2.01. The molecule has 0 spiro atoms. The van der Waals surface area contributed by atoms with Crippen molar-refractivity contribution in [1.82, 2.24) is 5.27 Å². The Bertz CT molecular complexity index is 424. The molecule has 4 heteroatoms. The fourth-order valence-electron chi connectivity index (χ4n) is 1.53. The minimum atomic E-state index is 0.244. The highest BCUT2D eigenvalue weighted by molar-refractivity contribution is 5.15. The van der Waals surface area contributed by atoms with E-state index in [-0.39, 0.29) is 6.04 Å². The molecule has 2 rings (SSSR count). The summed E-state index contributed by atoms with van der Waals surface area (Å²) in [7, 11) is 0. The van der Waals surface area contributed by atoms with Gasteiger partial charge < -0.3 is 5.73 Å². The minimum absolute atomic E-state index is 0.244. The van der Waals surface area contributed by atoms with Gasteiger partial charge in [0, 0.05) is 13.3 Å². The number of nitrogens with two attached hydrogens (primary N) is 1. The molecule has 1 aromatic heterocycles. The van der Waals surface area contributed by atoms with Gasteiger partial charge in [-0.15, -0.1) is 0 Å². The van der Waals surface area contributed by atoms with Crippen LogP contribution in [-0.4, -0.2) is 5.27 Å². The molecule has 4 nitrogen and oxygen atoms in total. The summed E-state index contributed by atoms with van der Waals surface area (Å²) in [6, 6.07) is 10.5. The Balaban J connectivity index is 2.07. The van der Waals surface area contributed by atoms with Crippen LogP contribution in [0.1, 0.15) is 18.5 Å². The molecule has 15 heavy (non-hydrogen) atoms. The van der Waals surface area contributed by atoms with Crippen molar-refractivity contribution in [2.45, 2.75) is 19.4 Å². The van der Waals surface area contributed by atoms with Gasteiger partial charge in [-0.05, 0) is 10.2 Å². The lowest BCUT2D eigenvalue weighted by atomic mass is 10.1. The number of benzene rings is 1. The van der Waals surface area contributed by atoms with Crippen LogP contribution in [0.5, 0.6) is 0 Å². The molecular formula is C11H14N3O+. The summed E-state index contributed by atoms with van der Waals surface area (Å²) in [5, 5.41) is 3.83. The number of nitrogen functional groups attached to an aromatic ring is 1. The zero-order valence-electron chi connectivity index (χ0n) is 8.63. The molecule has 0 fully saturated rings.